The van der Waals surface area contributed by atoms with E-state index in [1.165, 1.54) is 31.5 Å². The zero-order valence-corrected chi connectivity index (χ0v) is 30.6. The third-order valence-corrected chi connectivity index (χ3v) is 10.2. The van der Waals surface area contributed by atoms with E-state index in [0.29, 0.717) is 12.3 Å². The summed E-state index contributed by atoms with van der Waals surface area (Å²) in [5.41, 5.74) is 2.27. The number of hydrogen-bond acceptors (Lipinski definition) is 6. The van der Waals surface area contributed by atoms with Crippen molar-refractivity contribution in [2.24, 2.45) is 11.8 Å². The summed E-state index contributed by atoms with van der Waals surface area (Å²) in [6.45, 7) is 6.76. The van der Waals surface area contributed by atoms with E-state index in [1.807, 2.05) is 102 Å². The second kappa shape index (κ2) is 21.0. The van der Waals surface area contributed by atoms with Gasteiger partial charge in [-0.25, -0.2) is 0 Å². The monoisotopic (exact) mass is 692 g/mol. The number of hydrogen-bond donors (Lipinski definition) is 0. The molecule has 0 unspecified atom stereocenters. The summed E-state index contributed by atoms with van der Waals surface area (Å²) < 4.78 is 22.4. The van der Waals surface area contributed by atoms with Gasteiger partial charge >= 0.3 is 0 Å². The zero-order valence-electron chi connectivity index (χ0n) is 30.6. The van der Waals surface area contributed by atoms with Crippen LogP contribution in [0.1, 0.15) is 49.7 Å². The molecule has 4 aromatic rings. The number of likely N-dealkylation sites (tertiary alicyclic amines) is 2. The minimum absolute atomic E-state index is 0.188. The number of nitrogens with zero attached hydrogens (tertiary/aromatic N) is 2. The molecule has 2 saturated heterocycles. The van der Waals surface area contributed by atoms with E-state index in [9.17, 15) is 4.79 Å². The highest BCUT2D eigenvalue weighted by Gasteiger charge is 2.23. The molecule has 0 saturated carbocycles. The van der Waals surface area contributed by atoms with E-state index >= 15 is 0 Å². The molecule has 0 N–H and O–H groups in total. The number of amides is 1. The molecule has 0 spiro atoms. The number of carbonyl (C=O) groups excluding carboxylic acids is 1. The minimum Gasteiger partial charge on any atom is -0.496 e. The van der Waals surface area contributed by atoms with Gasteiger partial charge in [-0.05, 0) is 112 Å². The van der Waals surface area contributed by atoms with Crippen LogP contribution >= 0.6 is 0 Å². The lowest BCUT2D eigenvalue weighted by Crippen LogP contribution is -2.39. The van der Waals surface area contributed by atoms with Crippen LogP contribution in [0.25, 0.3) is 0 Å². The minimum atomic E-state index is 0.188. The fourth-order valence-electron chi connectivity index (χ4n) is 7.00. The van der Waals surface area contributed by atoms with Crippen LogP contribution in [-0.4, -0.2) is 75.9 Å². The second-order valence-corrected chi connectivity index (χ2v) is 13.6. The Morgan fingerprint density at radius 3 is 1.57 bits per heavy atom. The van der Waals surface area contributed by atoms with Crippen LogP contribution < -0.4 is 18.9 Å². The van der Waals surface area contributed by atoms with Crippen molar-refractivity contribution in [3.05, 3.63) is 120 Å². The number of piperidine rings is 2. The molecule has 2 fully saturated rings. The molecule has 7 nitrogen and oxygen atoms in total. The van der Waals surface area contributed by atoms with Crippen molar-refractivity contribution in [1.82, 2.24) is 9.80 Å². The third kappa shape index (κ3) is 12.7. The van der Waals surface area contributed by atoms with Gasteiger partial charge < -0.3 is 28.7 Å². The molecule has 0 aromatic heterocycles. The first-order valence-electron chi connectivity index (χ1n) is 18.7. The van der Waals surface area contributed by atoms with Crippen LogP contribution in [0.4, 0.5) is 0 Å². The molecule has 6 rings (SSSR count). The Balaban J connectivity index is 0.000000198. The first kappa shape index (κ1) is 37.8. The van der Waals surface area contributed by atoms with Gasteiger partial charge in [0.2, 0.25) is 5.91 Å². The van der Waals surface area contributed by atoms with Crippen LogP contribution in [0.2, 0.25) is 0 Å². The van der Waals surface area contributed by atoms with Crippen LogP contribution in [-0.2, 0) is 17.6 Å². The lowest BCUT2D eigenvalue weighted by atomic mass is 9.93. The van der Waals surface area contributed by atoms with Crippen molar-refractivity contribution in [2.75, 3.05) is 60.2 Å². The van der Waals surface area contributed by atoms with Gasteiger partial charge in [0.15, 0.2) is 0 Å². The molecule has 2 heterocycles. The number of para-hydroxylation sites is 4. The Morgan fingerprint density at radius 1 is 0.588 bits per heavy atom. The van der Waals surface area contributed by atoms with E-state index in [4.69, 9.17) is 18.9 Å². The van der Waals surface area contributed by atoms with Gasteiger partial charge in [-0.1, -0.05) is 72.8 Å². The van der Waals surface area contributed by atoms with Crippen molar-refractivity contribution in [3.8, 4) is 23.0 Å². The summed E-state index contributed by atoms with van der Waals surface area (Å²) in [4.78, 5) is 17.2. The SMILES string of the molecule is COc1ccccc1CC(=O)N1CCC(CCOc2ccccc2)CC1.COc1ccccc1CCN1CCC(CCOc2ccccc2)CC1. The lowest BCUT2D eigenvalue weighted by Gasteiger charge is -2.32. The van der Waals surface area contributed by atoms with Gasteiger partial charge in [-0.15, -0.1) is 0 Å². The Bertz CT molecular complexity index is 1550. The molecule has 4 aromatic carbocycles. The summed E-state index contributed by atoms with van der Waals surface area (Å²) in [5.74, 6) is 5.33. The maximum atomic E-state index is 12.6. The first-order valence-corrected chi connectivity index (χ1v) is 18.7. The number of methoxy groups -OCH3 is 2. The van der Waals surface area contributed by atoms with E-state index in [2.05, 4.69) is 17.0 Å². The number of benzene rings is 4. The fraction of sp³-hybridized carbons (Fsp3) is 0.432. The van der Waals surface area contributed by atoms with Gasteiger partial charge in [0.05, 0.1) is 33.9 Å². The van der Waals surface area contributed by atoms with Crippen LogP contribution in [0.15, 0.2) is 109 Å². The van der Waals surface area contributed by atoms with Crippen LogP contribution in [0, 0.1) is 11.8 Å². The summed E-state index contributed by atoms with van der Waals surface area (Å²) >= 11 is 0. The molecule has 0 bridgehead atoms. The van der Waals surface area contributed by atoms with Crippen molar-refractivity contribution in [3.63, 3.8) is 0 Å². The third-order valence-electron chi connectivity index (χ3n) is 10.2. The van der Waals surface area contributed by atoms with Gasteiger partial charge in [-0.3, -0.25) is 4.79 Å². The van der Waals surface area contributed by atoms with E-state index in [1.54, 1.807) is 14.2 Å². The summed E-state index contributed by atoms with van der Waals surface area (Å²) in [5, 5.41) is 0. The standard InChI is InChI=1S/C22H27NO3.C22H29NO2/c1-25-21-10-6-5-7-19(21)17-22(24)23-14-11-18(12-15-23)13-16-26-20-8-3-2-4-9-20;1-24-22-10-6-5-7-20(22)13-17-23-15-11-19(12-16-23)14-18-25-21-8-3-2-4-9-21/h2-10,18H,11-17H2,1H3;2-10,19H,11-18H2,1H3. The fourth-order valence-corrected chi connectivity index (χ4v) is 7.00. The molecule has 7 heteroatoms. The number of carbonyl (C=O) groups is 1. The molecule has 0 radical (unpaired) electrons. The molecule has 2 aliphatic rings. The van der Waals surface area contributed by atoms with Gasteiger partial charge in [0.25, 0.3) is 0 Å². The molecule has 2 aliphatic heterocycles. The molecule has 0 aliphatic carbocycles. The normalized spacial score (nSPS) is 15.4. The number of rotatable bonds is 15. The Labute approximate surface area is 305 Å². The Hall–Kier alpha value is -4.49. The molecule has 51 heavy (non-hydrogen) atoms. The predicted octanol–water partition coefficient (Wildman–Crippen LogP) is 8.36. The maximum absolute atomic E-state index is 12.6. The Morgan fingerprint density at radius 2 is 1.04 bits per heavy atom. The molecule has 272 valence electrons. The van der Waals surface area contributed by atoms with E-state index in [0.717, 1.165) is 99.4 Å². The second-order valence-electron chi connectivity index (χ2n) is 13.6. The topological polar surface area (TPSA) is 60.5 Å². The average molecular weight is 693 g/mol. The van der Waals surface area contributed by atoms with Crippen LogP contribution in [0.3, 0.4) is 0 Å². The smallest absolute Gasteiger partial charge is 0.227 e. The zero-order chi connectivity index (χ0) is 35.5. The Kier molecular flexibility index (Phi) is 15.6. The highest BCUT2D eigenvalue weighted by atomic mass is 16.5. The lowest BCUT2D eigenvalue weighted by molar-refractivity contribution is -0.131. The largest absolute Gasteiger partial charge is 0.496 e. The quantitative estimate of drug-likeness (QED) is 0.125. The van der Waals surface area contributed by atoms with Crippen LogP contribution in [0.5, 0.6) is 23.0 Å². The first-order chi connectivity index (χ1) is 25.1. The number of ether oxygens (including phenoxy) is 4. The van der Waals surface area contributed by atoms with E-state index < -0.39 is 0 Å². The van der Waals surface area contributed by atoms with Crippen molar-refractivity contribution in [1.29, 1.82) is 0 Å². The predicted molar refractivity (Wildman–Crippen MR) is 205 cm³/mol. The molecule has 0 atom stereocenters. The van der Waals surface area contributed by atoms with E-state index in [-0.39, 0.29) is 5.91 Å². The average Bonchev–Trinajstić information content (AvgIpc) is 3.19. The van der Waals surface area contributed by atoms with Crippen molar-refractivity contribution in [2.45, 2.75) is 51.4 Å². The molecule has 1 amide bonds. The summed E-state index contributed by atoms with van der Waals surface area (Å²) in [6.07, 6.45) is 8.34. The van der Waals surface area contributed by atoms with Gasteiger partial charge in [0.1, 0.15) is 23.0 Å². The highest BCUT2D eigenvalue weighted by Crippen LogP contribution is 2.25. The van der Waals surface area contributed by atoms with Crippen molar-refractivity contribution >= 4 is 5.91 Å². The van der Waals surface area contributed by atoms with Crippen molar-refractivity contribution < 1.29 is 23.7 Å². The molecular weight excluding hydrogens is 636 g/mol. The molecular formula is C44H56N2O5. The summed E-state index contributed by atoms with van der Waals surface area (Å²) in [7, 11) is 3.40. The van der Waals surface area contributed by atoms with Gasteiger partial charge in [0, 0.05) is 25.2 Å². The maximum Gasteiger partial charge on any atom is 0.227 e. The highest BCUT2D eigenvalue weighted by molar-refractivity contribution is 5.79. The van der Waals surface area contributed by atoms with Gasteiger partial charge in [-0.2, -0.15) is 0 Å². The summed E-state index contributed by atoms with van der Waals surface area (Å²) in [6, 6.07) is 36.2.